The molecule has 2 fully saturated rings. The van der Waals surface area contributed by atoms with E-state index in [1.54, 1.807) is 4.90 Å². The highest BCUT2D eigenvalue weighted by Crippen LogP contribution is 2.43. The van der Waals surface area contributed by atoms with Gasteiger partial charge in [-0.2, -0.15) is 11.8 Å². The molecule has 5 heteroatoms. The molecule has 0 aromatic rings. The summed E-state index contributed by atoms with van der Waals surface area (Å²) in [5.74, 6) is 0.0713. The second-order valence-corrected chi connectivity index (χ2v) is 6.63. The molecule has 2 atom stereocenters. The number of hydrogen-bond acceptors (Lipinski definition) is 3. The lowest BCUT2D eigenvalue weighted by Gasteiger charge is -2.47. The van der Waals surface area contributed by atoms with Crippen LogP contribution in [0.1, 0.15) is 39.5 Å². The molecule has 0 bridgehead atoms. The van der Waals surface area contributed by atoms with E-state index < -0.39 is 0 Å². The lowest BCUT2D eigenvalue weighted by Crippen LogP contribution is -2.65. The third kappa shape index (κ3) is 2.25. The number of hydrogen-bond donors (Lipinski definition) is 1. The van der Waals surface area contributed by atoms with Gasteiger partial charge in [-0.15, -0.1) is 0 Å². The first-order chi connectivity index (χ1) is 8.53. The number of piperazine rings is 1. The fourth-order valence-electron chi connectivity index (χ4n) is 2.69. The average Bonchev–Trinajstić information content (AvgIpc) is 2.32. The fourth-order valence-corrected chi connectivity index (χ4v) is 3.65. The summed E-state index contributed by atoms with van der Waals surface area (Å²) in [5.41, 5.74) is 0. The predicted octanol–water partition coefficient (Wildman–Crippen LogP) is 1.40. The number of nitrogens with zero attached hydrogens (tertiary/aromatic N) is 1. The minimum Gasteiger partial charge on any atom is -0.343 e. The Balaban J connectivity index is 2.13. The van der Waals surface area contributed by atoms with Gasteiger partial charge in [-0.25, -0.2) is 0 Å². The molecule has 1 aliphatic carbocycles. The van der Waals surface area contributed by atoms with Crippen LogP contribution < -0.4 is 5.32 Å². The Morgan fingerprint density at radius 3 is 2.56 bits per heavy atom. The molecule has 0 aromatic carbocycles. The molecule has 1 N–H and O–H groups in total. The first kappa shape index (κ1) is 13.7. The molecule has 0 radical (unpaired) electrons. The topological polar surface area (TPSA) is 49.4 Å². The predicted molar refractivity (Wildman–Crippen MR) is 73.5 cm³/mol. The quantitative estimate of drug-likeness (QED) is 0.840. The molecule has 1 heterocycles. The first-order valence-electron chi connectivity index (χ1n) is 6.69. The highest BCUT2D eigenvalue weighted by atomic mass is 32.2. The maximum atomic E-state index is 12.3. The maximum absolute atomic E-state index is 12.3. The Labute approximate surface area is 113 Å². The van der Waals surface area contributed by atoms with Gasteiger partial charge in [0.2, 0.25) is 11.8 Å². The van der Waals surface area contributed by atoms with Crippen molar-refractivity contribution in [1.29, 1.82) is 0 Å². The van der Waals surface area contributed by atoms with Crippen LogP contribution in [0.25, 0.3) is 0 Å². The highest BCUT2D eigenvalue weighted by molar-refractivity contribution is 8.00. The van der Waals surface area contributed by atoms with Crippen LogP contribution in [0.2, 0.25) is 0 Å². The smallest absolute Gasteiger partial charge is 0.245 e. The van der Waals surface area contributed by atoms with E-state index in [2.05, 4.69) is 11.6 Å². The second kappa shape index (κ2) is 5.11. The Hall–Kier alpha value is -0.710. The molecule has 2 unspecified atom stereocenters. The van der Waals surface area contributed by atoms with Gasteiger partial charge in [-0.3, -0.25) is 9.59 Å². The standard InChI is InChI=1S/C13H22N2O2S/c1-4-10-12(17)15(9(2)11(16)14-10)8-13(18-3)6-5-7-13/h9-10H,4-8H2,1-3H3,(H,14,16). The molecule has 18 heavy (non-hydrogen) atoms. The van der Waals surface area contributed by atoms with Crippen molar-refractivity contribution in [1.82, 2.24) is 10.2 Å². The summed E-state index contributed by atoms with van der Waals surface area (Å²) in [6, 6.07) is -0.655. The van der Waals surface area contributed by atoms with Crippen molar-refractivity contribution in [3.8, 4) is 0 Å². The SMILES string of the molecule is CCC1NC(=O)C(C)N(CC2(SC)CCC2)C1=O. The van der Waals surface area contributed by atoms with Crippen molar-refractivity contribution in [2.45, 2.75) is 56.4 Å². The molecule has 1 saturated heterocycles. The number of thioether (sulfide) groups is 1. The molecule has 0 aromatic heterocycles. The van der Waals surface area contributed by atoms with E-state index in [1.165, 1.54) is 6.42 Å². The Morgan fingerprint density at radius 1 is 1.44 bits per heavy atom. The van der Waals surface area contributed by atoms with Gasteiger partial charge in [0.15, 0.2) is 0 Å². The molecule has 2 rings (SSSR count). The van der Waals surface area contributed by atoms with Gasteiger partial charge in [0, 0.05) is 11.3 Å². The second-order valence-electron chi connectivity index (χ2n) is 5.35. The number of rotatable bonds is 4. The van der Waals surface area contributed by atoms with Crippen LogP contribution in [-0.4, -0.2) is 46.3 Å². The molecule has 2 amide bonds. The van der Waals surface area contributed by atoms with Gasteiger partial charge in [-0.1, -0.05) is 13.3 Å². The zero-order valence-electron chi connectivity index (χ0n) is 11.4. The van der Waals surface area contributed by atoms with Crippen LogP contribution in [0.5, 0.6) is 0 Å². The van der Waals surface area contributed by atoms with Gasteiger partial charge in [0.1, 0.15) is 12.1 Å². The van der Waals surface area contributed by atoms with Crippen molar-refractivity contribution < 1.29 is 9.59 Å². The molecular weight excluding hydrogens is 248 g/mol. The van der Waals surface area contributed by atoms with E-state index in [-0.39, 0.29) is 28.6 Å². The van der Waals surface area contributed by atoms with Crippen molar-refractivity contribution in [2.75, 3.05) is 12.8 Å². The normalized spacial score (nSPS) is 30.9. The molecule has 4 nitrogen and oxygen atoms in total. The zero-order chi connectivity index (χ0) is 13.3. The van der Waals surface area contributed by atoms with Gasteiger partial charge in [0.25, 0.3) is 0 Å². The number of carbonyl (C=O) groups excluding carboxylic acids is 2. The lowest BCUT2D eigenvalue weighted by atomic mass is 9.83. The molecule has 102 valence electrons. The first-order valence-corrected chi connectivity index (χ1v) is 7.91. The van der Waals surface area contributed by atoms with Crippen LogP contribution >= 0.6 is 11.8 Å². The molecule has 0 spiro atoms. The van der Waals surface area contributed by atoms with E-state index in [0.29, 0.717) is 6.42 Å². The van der Waals surface area contributed by atoms with Crippen LogP contribution in [0.15, 0.2) is 0 Å². The summed E-state index contributed by atoms with van der Waals surface area (Å²) in [6.45, 7) is 4.48. The monoisotopic (exact) mass is 270 g/mol. The average molecular weight is 270 g/mol. The third-order valence-electron chi connectivity index (χ3n) is 4.31. The van der Waals surface area contributed by atoms with Gasteiger partial charge in [-0.05, 0) is 32.4 Å². The lowest BCUT2D eigenvalue weighted by molar-refractivity contribution is -0.149. The Bertz CT molecular complexity index is 349. The van der Waals surface area contributed by atoms with Crippen molar-refractivity contribution in [2.24, 2.45) is 0 Å². The number of nitrogens with one attached hydrogen (secondary N) is 1. The van der Waals surface area contributed by atoms with Crippen molar-refractivity contribution >= 4 is 23.6 Å². The Morgan fingerprint density at radius 2 is 2.11 bits per heavy atom. The van der Waals surface area contributed by atoms with Crippen LogP contribution in [-0.2, 0) is 9.59 Å². The van der Waals surface area contributed by atoms with Crippen LogP contribution in [0, 0.1) is 0 Å². The summed E-state index contributed by atoms with van der Waals surface area (Å²) in [4.78, 5) is 26.0. The number of amides is 2. The molecule has 1 aliphatic heterocycles. The minimum absolute atomic E-state index is 0.0166. The molecular formula is C13H22N2O2S. The Kier molecular flexibility index (Phi) is 3.90. The summed E-state index contributed by atoms with van der Waals surface area (Å²) >= 11 is 1.84. The maximum Gasteiger partial charge on any atom is 0.245 e. The van der Waals surface area contributed by atoms with Gasteiger partial charge in [0.05, 0.1) is 0 Å². The van der Waals surface area contributed by atoms with Gasteiger partial charge < -0.3 is 10.2 Å². The van der Waals surface area contributed by atoms with E-state index in [9.17, 15) is 9.59 Å². The number of carbonyl (C=O) groups is 2. The largest absolute Gasteiger partial charge is 0.343 e. The minimum atomic E-state index is -0.329. The fraction of sp³-hybridized carbons (Fsp3) is 0.846. The summed E-state index contributed by atoms with van der Waals surface area (Å²) in [7, 11) is 0. The van der Waals surface area contributed by atoms with Crippen LogP contribution in [0.4, 0.5) is 0 Å². The van der Waals surface area contributed by atoms with E-state index in [0.717, 1.165) is 19.4 Å². The summed E-state index contributed by atoms with van der Waals surface area (Å²) in [6.07, 6.45) is 6.32. The van der Waals surface area contributed by atoms with E-state index >= 15 is 0 Å². The highest BCUT2D eigenvalue weighted by Gasteiger charge is 2.44. The summed E-state index contributed by atoms with van der Waals surface area (Å²) in [5, 5.41) is 2.80. The van der Waals surface area contributed by atoms with E-state index in [1.807, 2.05) is 25.6 Å². The van der Waals surface area contributed by atoms with Gasteiger partial charge >= 0.3 is 0 Å². The molecule has 1 saturated carbocycles. The van der Waals surface area contributed by atoms with Crippen LogP contribution in [0.3, 0.4) is 0 Å². The summed E-state index contributed by atoms with van der Waals surface area (Å²) < 4.78 is 0.194. The zero-order valence-corrected chi connectivity index (χ0v) is 12.2. The third-order valence-corrected chi connectivity index (χ3v) is 5.71. The van der Waals surface area contributed by atoms with E-state index in [4.69, 9.17) is 0 Å². The molecule has 2 aliphatic rings. The van der Waals surface area contributed by atoms with Crippen molar-refractivity contribution in [3.05, 3.63) is 0 Å². The van der Waals surface area contributed by atoms with Crippen molar-refractivity contribution in [3.63, 3.8) is 0 Å².